The summed E-state index contributed by atoms with van der Waals surface area (Å²) in [6.45, 7) is 4.40. The van der Waals surface area contributed by atoms with Crippen LogP contribution in [0.3, 0.4) is 0 Å². The Bertz CT molecular complexity index is 1170. The van der Waals surface area contributed by atoms with Crippen molar-refractivity contribution in [3.8, 4) is 5.75 Å². The molecule has 6 heteroatoms. The van der Waals surface area contributed by atoms with Crippen LogP contribution in [0.5, 0.6) is 5.75 Å². The molecule has 0 unspecified atom stereocenters. The first kappa shape index (κ1) is 21.9. The van der Waals surface area contributed by atoms with Gasteiger partial charge in [-0.2, -0.15) is 0 Å². The van der Waals surface area contributed by atoms with Crippen LogP contribution in [0.4, 0.5) is 5.69 Å². The Balaban J connectivity index is 1.86. The molecule has 3 aromatic rings. The Labute approximate surface area is 194 Å². The normalized spacial score (nSPS) is 14.9. The third-order valence-electron chi connectivity index (χ3n) is 4.90. The third kappa shape index (κ3) is 4.47. The van der Waals surface area contributed by atoms with Gasteiger partial charge in [-0.3, -0.25) is 0 Å². The van der Waals surface area contributed by atoms with E-state index in [1.165, 1.54) is 5.56 Å². The van der Waals surface area contributed by atoms with E-state index in [1.807, 2.05) is 61.5 Å². The van der Waals surface area contributed by atoms with Crippen molar-refractivity contribution in [1.82, 2.24) is 0 Å². The molecule has 0 fully saturated rings. The topological polar surface area (TPSA) is 51.1 Å². The van der Waals surface area contributed by atoms with Crippen LogP contribution < -0.4 is 14.1 Å². The molecule has 4 rings (SSSR count). The molecule has 0 saturated heterocycles. The van der Waals surface area contributed by atoms with Crippen LogP contribution in [-0.4, -0.2) is 39.3 Å². The monoisotopic (exact) mass is 492 g/mol. The number of rotatable bonds is 7. The van der Waals surface area contributed by atoms with E-state index >= 15 is 0 Å². The van der Waals surface area contributed by atoms with Crippen molar-refractivity contribution in [2.75, 3.05) is 18.6 Å². The number of amides is 1. The van der Waals surface area contributed by atoms with E-state index in [-0.39, 0.29) is 20.9 Å². The van der Waals surface area contributed by atoms with Crippen molar-refractivity contribution in [3.05, 3.63) is 95.7 Å². The van der Waals surface area contributed by atoms with E-state index < -0.39 is 0 Å². The van der Waals surface area contributed by atoms with Crippen LogP contribution in [0.25, 0.3) is 5.76 Å². The van der Waals surface area contributed by atoms with Crippen molar-refractivity contribution in [1.29, 1.82) is 0 Å². The van der Waals surface area contributed by atoms with Gasteiger partial charge in [-0.1, -0.05) is 0 Å². The number of carbonyl (C=O) groups is 1. The van der Waals surface area contributed by atoms with Crippen molar-refractivity contribution in [2.45, 2.75) is 13.8 Å². The number of para-hydroxylation sites is 2. The molecule has 0 N–H and O–H groups in total. The molecule has 0 bridgehead atoms. The summed E-state index contributed by atoms with van der Waals surface area (Å²) in [6, 6.07) is 25.5. The zero-order valence-electron chi connectivity index (χ0n) is 18.2. The Kier molecular flexibility index (Phi) is 6.74. The minimum absolute atomic E-state index is 0.194. The van der Waals surface area contributed by atoms with Crippen LogP contribution in [0.1, 0.15) is 18.1 Å². The number of aryl methyl sites for hydroxylation is 1. The van der Waals surface area contributed by atoms with Crippen molar-refractivity contribution < 1.29 is 14.3 Å². The number of aliphatic imine (C=N–C) groups is 1. The average Bonchev–Trinajstić information content (AvgIpc) is 3.14. The second-order valence-corrected chi connectivity index (χ2v) is 9.28. The molecule has 0 saturated carbocycles. The molecule has 0 aliphatic carbocycles. The molecule has 5 nitrogen and oxygen atoms in total. The van der Waals surface area contributed by atoms with Crippen molar-refractivity contribution in [3.63, 3.8) is 0 Å². The fourth-order valence-corrected chi connectivity index (χ4v) is 5.24. The first-order chi connectivity index (χ1) is 15.6. The minimum atomic E-state index is -0.217. The molecular weight excluding hydrogens is 467 g/mol. The fraction of sp³-hybridized carbons (Fsp3) is 0.154. The van der Waals surface area contributed by atoms with Gasteiger partial charge in [0.1, 0.15) is 0 Å². The van der Waals surface area contributed by atoms with Gasteiger partial charge < -0.3 is 0 Å². The van der Waals surface area contributed by atoms with Crippen LogP contribution in [0, 0.1) is 6.92 Å². The van der Waals surface area contributed by atoms with Gasteiger partial charge >= 0.3 is 195 Å². The first-order valence-corrected chi connectivity index (χ1v) is 12.1. The van der Waals surface area contributed by atoms with Gasteiger partial charge in [-0.15, -0.1) is 0 Å². The van der Waals surface area contributed by atoms with E-state index in [4.69, 9.17) is 14.5 Å². The van der Waals surface area contributed by atoms with Crippen LogP contribution >= 0.6 is 0 Å². The number of anilines is 1. The predicted octanol–water partition coefficient (Wildman–Crippen LogP) is 4.14. The molecule has 1 aliphatic rings. The number of hydrogen-bond donors (Lipinski definition) is 0. The SMILES string of the molecule is CCO/C(=C1\N=C([Se]c2ccc(C)cc2)N(c2ccccc2OC)C1=O)c1ccccc1. The number of benzene rings is 3. The zero-order chi connectivity index (χ0) is 22.5. The summed E-state index contributed by atoms with van der Waals surface area (Å²) in [5, 5.41) is 0. The standard InChI is InChI=1S/C26H24N2O3Se/c1-4-31-24(19-10-6-5-7-11-19)23-25(29)28(21-12-8-9-13-22(21)30-3)26(27-23)32-20-16-14-18(2)15-17-20/h5-17H,4H2,1-3H3/b24-23-. The van der Waals surface area contributed by atoms with Crippen LogP contribution in [0.2, 0.25) is 0 Å². The number of amidine groups is 1. The van der Waals surface area contributed by atoms with E-state index in [2.05, 4.69) is 31.2 Å². The summed E-state index contributed by atoms with van der Waals surface area (Å²) >= 11 is -0.194. The average molecular weight is 491 g/mol. The van der Waals surface area contributed by atoms with Crippen molar-refractivity contribution in [2.24, 2.45) is 4.99 Å². The third-order valence-corrected chi connectivity index (χ3v) is 6.92. The Morgan fingerprint density at radius 1 is 0.969 bits per heavy atom. The fourth-order valence-electron chi connectivity index (χ4n) is 3.36. The Morgan fingerprint density at radius 2 is 1.66 bits per heavy atom. The molecule has 1 aliphatic heterocycles. The molecule has 3 aromatic carbocycles. The van der Waals surface area contributed by atoms with Gasteiger partial charge in [0.15, 0.2) is 0 Å². The van der Waals surface area contributed by atoms with E-state index in [0.29, 0.717) is 34.2 Å². The summed E-state index contributed by atoms with van der Waals surface area (Å²) in [7, 11) is 1.60. The van der Waals surface area contributed by atoms with E-state index in [0.717, 1.165) is 10.0 Å². The van der Waals surface area contributed by atoms with Gasteiger partial charge in [0.25, 0.3) is 0 Å². The summed E-state index contributed by atoms with van der Waals surface area (Å²) in [4.78, 5) is 20.2. The van der Waals surface area contributed by atoms with Crippen molar-refractivity contribution >= 4 is 41.5 Å². The second-order valence-electron chi connectivity index (χ2n) is 7.10. The van der Waals surface area contributed by atoms with Gasteiger partial charge in [-0.25, -0.2) is 0 Å². The van der Waals surface area contributed by atoms with Crippen LogP contribution in [0.15, 0.2) is 89.6 Å². The zero-order valence-corrected chi connectivity index (χ0v) is 20.0. The molecular formula is C26H24N2O3Se. The molecule has 0 spiro atoms. The molecule has 162 valence electrons. The summed E-state index contributed by atoms with van der Waals surface area (Å²) in [5.74, 6) is 0.894. The van der Waals surface area contributed by atoms with Gasteiger partial charge in [0.05, 0.1) is 0 Å². The number of ether oxygens (including phenoxy) is 2. The molecule has 32 heavy (non-hydrogen) atoms. The first-order valence-electron chi connectivity index (χ1n) is 10.4. The number of carbonyl (C=O) groups excluding carboxylic acids is 1. The molecule has 1 amide bonds. The number of hydrogen-bond acceptors (Lipinski definition) is 4. The molecule has 0 aromatic heterocycles. The Morgan fingerprint density at radius 3 is 2.34 bits per heavy atom. The predicted molar refractivity (Wildman–Crippen MR) is 129 cm³/mol. The summed E-state index contributed by atoms with van der Waals surface area (Å²) < 4.78 is 13.3. The molecule has 0 radical (unpaired) electrons. The van der Waals surface area contributed by atoms with E-state index in [9.17, 15) is 4.79 Å². The second kappa shape index (κ2) is 9.86. The van der Waals surface area contributed by atoms with Gasteiger partial charge in [0.2, 0.25) is 0 Å². The Hall–Kier alpha value is -3.34. The molecule has 1 heterocycles. The number of nitrogens with zero attached hydrogens (tertiary/aromatic N) is 2. The molecule has 0 atom stereocenters. The quantitative estimate of drug-likeness (QED) is 0.284. The summed E-state index contributed by atoms with van der Waals surface area (Å²) in [5.41, 5.74) is 3.00. The maximum absolute atomic E-state index is 13.7. The maximum atomic E-state index is 13.7. The number of methoxy groups -OCH3 is 1. The van der Waals surface area contributed by atoms with Gasteiger partial charge in [-0.05, 0) is 0 Å². The van der Waals surface area contributed by atoms with Crippen LogP contribution in [-0.2, 0) is 9.53 Å². The van der Waals surface area contributed by atoms with E-state index in [1.54, 1.807) is 12.0 Å². The van der Waals surface area contributed by atoms with Gasteiger partial charge in [0, 0.05) is 0 Å². The summed E-state index contributed by atoms with van der Waals surface area (Å²) in [6.07, 6.45) is 0.